The molecule has 0 radical (unpaired) electrons. The van der Waals surface area contributed by atoms with Crippen molar-refractivity contribution in [2.45, 2.75) is 33.2 Å². The van der Waals surface area contributed by atoms with Crippen molar-refractivity contribution in [3.05, 3.63) is 11.3 Å². The van der Waals surface area contributed by atoms with E-state index in [4.69, 9.17) is 5.73 Å². The molecule has 2 rings (SSSR count). The first kappa shape index (κ1) is 11.5. The second kappa shape index (κ2) is 4.45. The van der Waals surface area contributed by atoms with Gasteiger partial charge >= 0.3 is 0 Å². The number of aromatic nitrogens is 2. The Morgan fingerprint density at radius 3 is 2.69 bits per heavy atom. The molecule has 90 valence electrons. The van der Waals surface area contributed by atoms with Gasteiger partial charge < -0.3 is 10.6 Å². The van der Waals surface area contributed by atoms with E-state index in [2.05, 4.69) is 16.9 Å². The Kier molecular flexibility index (Phi) is 3.19. The molecule has 1 fully saturated rings. The van der Waals surface area contributed by atoms with Gasteiger partial charge in [0, 0.05) is 32.2 Å². The van der Waals surface area contributed by atoms with Crippen molar-refractivity contribution in [3.8, 4) is 0 Å². The Balaban J connectivity index is 2.27. The van der Waals surface area contributed by atoms with Crippen molar-refractivity contribution in [2.24, 2.45) is 18.7 Å². The maximum absolute atomic E-state index is 5.82. The topological polar surface area (TPSA) is 47.1 Å². The maximum atomic E-state index is 5.82. The molecule has 0 aromatic carbocycles. The van der Waals surface area contributed by atoms with E-state index < -0.39 is 0 Å². The molecule has 0 bridgehead atoms. The zero-order chi connectivity index (χ0) is 11.7. The first-order chi connectivity index (χ1) is 7.67. The predicted molar refractivity (Wildman–Crippen MR) is 66.4 cm³/mol. The minimum Gasteiger partial charge on any atom is -0.357 e. The second-order valence-corrected chi connectivity index (χ2v) is 4.70. The fourth-order valence-corrected chi connectivity index (χ4v) is 2.30. The lowest BCUT2D eigenvalue weighted by Gasteiger charge is -2.24. The molecule has 0 spiro atoms. The SMILES string of the molecule is CCN(CC1CC1)c1c(CN)c(C)nn1C. The molecule has 1 aromatic rings. The summed E-state index contributed by atoms with van der Waals surface area (Å²) in [5.41, 5.74) is 8.09. The van der Waals surface area contributed by atoms with Crippen LogP contribution in [0.15, 0.2) is 0 Å². The largest absolute Gasteiger partial charge is 0.357 e. The van der Waals surface area contributed by atoms with Crippen molar-refractivity contribution in [3.63, 3.8) is 0 Å². The van der Waals surface area contributed by atoms with Crippen LogP contribution in [0.3, 0.4) is 0 Å². The molecule has 1 aliphatic carbocycles. The van der Waals surface area contributed by atoms with E-state index in [1.807, 2.05) is 18.7 Å². The van der Waals surface area contributed by atoms with Crippen LogP contribution >= 0.6 is 0 Å². The van der Waals surface area contributed by atoms with E-state index in [-0.39, 0.29) is 0 Å². The van der Waals surface area contributed by atoms with Gasteiger partial charge in [0.2, 0.25) is 0 Å². The Labute approximate surface area is 97.4 Å². The number of hydrogen-bond acceptors (Lipinski definition) is 3. The molecule has 0 amide bonds. The third-order valence-corrected chi connectivity index (χ3v) is 3.37. The van der Waals surface area contributed by atoms with Crippen molar-refractivity contribution in [1.29, 1.82) is 0 Å². The van der Waals surface area contributed by atoms with Gasteiger partial charge in [-0.2, -0.15) is 5.10 Å². The lowest BCUT2D eigenvalue weighted by molar-refractivity contribution is 0.675. The standard InChI is InChI=1S/C12H22N4/c1-4-16(8-10-5-6-10)12-11(7-13)9(2)14-15(12)3/h10H,4-8,13H2,1-3H3. The second-order valence-electron chi connectivity index (χ2n) is 4.70. The molecule has 16 heavy (non-hydrogen) atoms. The monoisotopic (exact) mass is 222 g/mol. The number of hydrogen-bond donors (Lipinski definition) is 1. The Bertz CT molecular complexity index is 365. The van der Waals surface area contributed by atoms with Gasteiger partial charge in [-0.1, -0.05) is 0 Å². The van der Waals surface area contributed by atoms with Crippen molar-refractivity contribution < 1.29 is 0 Å². The molecule has 0 aliphatic heterocycles. The minimum atomic E-state index is 0.580. The number of anilines is 1. The fourth-order valence-electron chi connectivity index (χ4n) is 2.30. The summed E-state index contributed by atoms with van der Waals surface area (Å²) in [5, 5.41) is 4.47. The van der Waals surface area contributed by atoms with E-state index >= 15 is 0 Å². The van der Waals surface area contributed by atoms with Crippen LogP contribution in [0.5, 0.6) is 0 Å². The highest BCUT2D eigenvalue weighted by molar-refractivity contribution is 5.50. The summed E-state index contributed by atoms with van der Waals surface area (Å²) < 4.78 is 1.98. The molecule has 2 N–H and O–H groups in total. The van der Waals surface area contributed by atoms with Gasteiger partial charge in [-0.25, -0.2) is 0 Å². The smallest absolute Gasteiger partial charge is 0.131 e. The number of aryl methyl sites for hydroxylation is 2. The van der Waals surface area contributed by atoms with Crippen LogP contribution in [-0.2, 0) is 13.6 Å². The lowest BCUT2D eigenvalue weighted by atomic mass is 10.2. The Morgan fingerprint density at radius 2 is 2.19 bits per heavy atom. The molecular weight excluding hydrogens is 200 g/mol. The molecule has 0 unspecified atom stereocenters. The molecule has 0 saturated heterocycles. The quantitative estimate of drug-likeness (QED) is 0.819. The summed E-state index contributed by atoms with van der Waals surface area (Å²) in [7, 11) is 2.01. The van der Waals surface area contributed by atoms with Gasteiger partial charge in [0.15, 0.2) is 0 Å². The van der Waals surface area contributed by atoms with Crippen LogP contribution in [-0.4, -0.2) is 22.9 Å². The third kappa shape index (κ3) is 2.07. The van der Waals surface area contributed by atoms with Crippen molar-refractivity contribution >= 4 is 5.82 Å². The zero-order valence-corrected chi connectivity index (χ0v) is 10.5. The average Bonchev–Trinajstić information content (AvgIpc) is 3.01. The first-order valence-electron chi connectivity index (χ1n) is 6.14. The van der Waals surface area contributed by atoms with Gasteiger partial charge in [-0.05, 0) is 32.6 Å². The molecule has 1 heterocycles. The van der Waals surface area contributed by atoms with Gasteiger partial charge in [0.25, 0.3) is 0 Å². The highest BCUT2D eigenvalue weighted by atomic mass is 15.4. The number of nitrogens with zero attached hydrogens (tertiary/aromatic N) is 3. The van der Waals surface area contributed by atoms with Gasteiger partial charge in [-0.15, -0.1) is 0 Å². The molecule has 1 aliphatic rings. The highest BCUT2D eigenvalue weighted by Crippen LogP contribution is 2.32. The summed E-state index contributed by atoms with van der Waals surface area (Å²) >= 11 is 0. The minimum absolute atomic E-state index is 0.580. The number of rotatable bonds is 5. The lowest BCUT2D eigenvalue weighted by Crippen LogP contribution is -2.28. The molecule has 4 nitrogen and oxygen atoms in total. The van der Waals surface area contributed by atoms with E-state index in [1.54, 1.807) is 0 Å². The average molecular weight is 222 g/mol. The van der Waals surface area contributed by atoms with Crippen LogP contribution in [0.25, 0.3) is 0 Å². The fraction of sp³-hybridized carbons (Fsp3) is 0.750. The summed E-state index contributed by atoms with van der Waals surface area (Å²) in [6.45, 7) is 7.00. The summed E-state index contributed by atoms with van der Waals surface area (Å²) in [6.07, 6.45) is 2.76. The van der Waals surface area contributed by atoms with Crippen LogP contribution in [0.4, 0.5) is 5.82 Å². The van der Waals surface area contributed by atoms with Crippen molar-refractivity contribution in [2.75, 3.05) is 18.0 Å². The Hall–Kier alpha value is -1.03. The molecule has 0 atom stereocenters. The van der Waals surface area contributed by atoms with Gasteiger partial charge in [-0.3, -0.25) is 4.68 Å². The van der Waals surface area contributed by atoms with Crippen LogP contribution < -0.4 is 10.6 Å². The van der Waals surface area contributed by atoms with Crippen LogP contribution in [0, 0.1) is 12.8 Å². The van der Waals surface area contributed by atoms with Crippen LogP contribution in [0.1, 0.15) is 31.0 Å². The number of nitrogens with two attached hydrogens (primary N) is 1. The Morgan fingerprint density at radius 1 is 1.50 bits per heavy atom. The van der Waals surface area contributed by atoms with E-state index in [9.17, 15) is 0 Å². The molecular formula is C12H22N4. The molecule has 1 saturated carbocycles. The summed E-state index contributed by atoms with van der Waals surface area (Å²) in [6, 6.07) is 0. The normalized spacial score (nSPS) is 15.5. The van der Waals surface area contributed by atoms with E-state index in [0.717, 1.165) is 24.7 Å². The van der Waals surface area contributed by atoms with Gasteiger partial charge in [0.1, 0.15) is 5.82 Å². The van der Waals surface area contributed by atoms with E-state index in [0.29, 0.717) is 6.54 Å². The van der Waals surface area contributed by atoms with Crippen LogP contribution in [0.2, 0.25) is 0 Å². The van der Waals surface area contributed by atoms with Gasteiger partial charge in [0.05, 0.1) is 5.69 Å². The predicted octanol–water partition coefficient (Wildman–Crippen LogP) is 1.42. The summed E-state index contributed by atoms with van der Waals surface area (Å²) in [4.78, 5) is 2.42. The summed E-state index contributed by atoms with van der Waals surface area (Å²) in [5.74, 6) is 2.11. The zero-order valence-electron chi connectivity index (χ0n) is 10.5. The molecule has 1 aromatic heterocycles. The third-order valence-electron chi connectivity index (χ3n) is 3.37. The first-order valence-corrected chi connectivity index (χ1v) is 6.14. The highest BCUT2D eigenvalue weighted by Gasteiger charge is 2.26. The molecule has 4 heteroatoms. The maximum Gasteiger partial charge on any atom is 0.131 e. The van der Waals surface area contributed by atoms with Crippen molar-refractivity contribution in [1.82, 2.24) is 9.78 Å². The van der Waals surface area contributed by atoms with E-state index in [1.165, 1.54) is 24.2 Å².